The smallest absolute Gasteiger partial charge is 0.411 e. The predicted molar refractivity (Wildman–Crippen MR) is 198 cm³/mol. The van der Waals surface area contributed by atoms with Gasteiger partial charge in [-0.25, -0.2) is 26.4 Å². The van der Waals surface area contributed by atoms with Gasteiger partial charge in [0.1, 0.15) is 15.7 Å². The first kappa shape index (κ1) is 39.1. The van der Waals surface area contributed by atoms with Gasteiger partial charge in [0.25, 0.3) is 0 Å². The Labute approximate surface area is 292 Å². The summed E-state index contributed by atoms with van der Waals surface area (Å²) in [6.45, 7) is 8.81. The molecule has 1 aromatic heterocycles. The zero-order valence-electron chi connectivity index (χ0n) is 27.9. The Morgan fingerprint density at radius 2 is 1.75 bits per heavy atom. The van der Waals surface area contributed by atoms with Crippen molar-refractivity contribution in [1.82, 2.24) is 5.32 Å². The molecule has 48 heavy (non-hydrogen) atoms. The number of nitrogens with two attached hydrogens (primary N) is 1. The van der Waals surface area contributed by atoms with Gasteiger partial charge in [-0.1, -0.05) is 31.8 Å². The van der Waals surface area contributed by atoms with Gasteiger partial charge in [-0.05, 0) is 73.5 Å². The molecule has 0 fully saturated rings. The van der Waals surface area contributed by atoms with Gasteiger partial charge in [0.05, 0.1) is 31.2 Å². The van der Waals surface area contributed by atoms with E-state index in [4.69, 9.17) is 15.9 Å². The van der Waals surface area contributed by atoms with Crippen molar-refractivity contribution in [1.29, 1.82) is 5.41 Å². The van der Waals surface area contributed by atoms with E-state index >= 15 is 0 Å². The molecule has 0 radical (unpaired) electrons. The lowest BCUT2D eigenvalue weighted by molar-refractivity contribution is 0.167. The highest BCUT2D eigenvalue weighted by molar-refractivity contribution is 8.01. The molecule has 3 aromatic rings. The SMILES string of the molecule is CSc1sc(C(=N)N)cc1S(=O)(=O)c1cccc(-c2c(C)cc(NC(=O)OCC[Si](C)(C)C)cc2NC(=O)NCCCCS(C)(=O)=O)c1. The number of hydrogen-bond acceptors (Lipinski definition) is 10. The second-order valence-corrected chi connectivity index (χ2v) is 24.3. The summed E-state index contributed by atoms with van der Waals surface area (Å²) in [7, 11) is -8.55. The van der Waals surface area contributed by atoms with E-state index < -0.39 is 39.9 Å². The maximum Gasteiger partial charge on any atom is 0.411 e. The Morgan fingerprint density at radius 3 is 2.38 bits per heavy atom. The Morgan fingerprint density at radius 1 is 1.04 bits per heavy atom. The first-order chi connectivity index (χ1) is 22.3. The molecule has 0 unspecified atom stereocenters. The molecule has 3 rings (SSSR count). The number of nitrogens with one attached hydrogen (secondary N) is 4. The van der Waals surface area contributed by atoms with Crippen molar-refractivity contribution >= 4 is 80.2 Å². The molecule has 0 saturated carbocycles. The van der Waals surface area contributed by atoms with Crippen molar-refractivity contribution in [3.8, 4) is 11.1 Å². The fraction of sp³-hybridized carbons (Fsp3) is 0.387. The van der Waals surface area contributed by atoms with Crippen molar-refractivity contribution in [2.45, 2.75) is 59.5 Å². The quantitative estimate of drug-likeness (QED) is 0.0384. The molecule has 3 amide bonds. The number of anilines is 2. The minimum Gasteiger partial charge on any atom is -0.450 e. The van der Waals surface area contributed by atoms with Crippen LogP contribution in [-0.4, -0.2) is 74.3 Å². The first-order valence-corrected chi connectivity index (χ1v) is 24.3. The highest BCUT2D eigenvalue weighted by atomic mass is 32.2. The van der Waals surface area contributed by atoms with Gasteiger partial charge in [-0.2, -0.15) is 0 Å². The molecule has 0 aliphatic heterocycles. The van der Waals surface area contributed by atoms with Crippen LogP contribution in [0.1, 0.15) is 23.3 Å². The van der Waals surface area contributed by atoms with Crippen LogP contribution in [0.15, 0.2) is 56.5 Å². The van der Waals surface area contributed by atoms with Crippen molar-refractivity contribution < 1.29 is 31.2 Å². The summed E-state index contributed by atoms with van der Waals surface area (Å²) in [5.41, 5.74) is 7.96. The van der Waals surface area contributed by atoms with Crippen LogP contribution in [-0.2, 0) is 24.4 Å². The lowest BCUT2D eigenvalue weighted by Crippen LogP contribution is -2.30. The molecular formula is C31H43N5O7S4Si. The number of amidine groups is 1. The summed E-state index contributed by atoms with van der Waals surface area (Å²) in [5.74, 6) is -0.209. The Hall–Kier alpha value is -3.38. The number of amides is 3. The molecule has 0 spiro atoms. The van der Waals surface area contributed by atoms with Gasteiger partial charge in [0.15, 0.2) is 0 Å². The van der Waals surface area contributed by atoms with Gasteiger partial charge in [-0.3, -0.25) is 10.7 Å². The van der Waals surface area contributed by atoms with Gasteiger partial charge >= 0.3 is 12.1 Å². The number of thiophene rings is 1. The zero-order valence-corrected chi connectivity index (χ0v) is 32.1. The number of carbonyl (C=O) groups excluding carboxylic acids is 2. The highest BCUT2D eigenvalue weighted by Gasteiger charge is 2.26. The zero-order chi connectivity index (χ0) is 35.9. The minimum absolute atomic E-state index is 0.0112. The van der Waals surface area contributed by atoms with Crippen molar-refractivity contribution in [2.24, 2.45) is 5.73 Å². The van der Waals surface area contributed by atoms with Crippen LogP contribution in [0.3, 0.4) is 0 Å². The number of urea groups is 1. The predicted octanol–water partition coefficient (Wildman–Crippen LogP) is 6.40. The van der Waals surface area contributed by atoms with Gasteiger partial charge in [-0.15, -0.1) is 23.1 Å². The monoisotopic (exact) mass is 753 g/mol. The van der Waals surface area contributed by atoms with Gasteiger partial charge < -0.3 is 21.1 Å². The van der Waals surface area contributed by atoms with E-state index in [0.717, 1.165) is 23.6 Å². The number of ether oxygens (including phenoxy) is 1. The molecule has 0 saturated heterocycles. The summed E-state index contributed by atoms with van der Waals surface area (Å²) in [6.07, 6.45) is 3.11. The number of rotatable bonds is 15. The van der Waals surface area contributed by atoms with Gasteiger partial charge in [0, 0.05) is 37.9 Å². The van der Waals surface area contributed by atoms with Crippen LogP contribution in [0.25, 0.3) is 11.1 Å². The van der Waals surface area contributed by atoms with Gasteiger partial charge in [0.2, 0.25) is 9.84 Å². The largest absolute Gasteiger partial charge is 0.450 e. The molecule has 17 heteroatoms. The Balaban J connectivity index is 1.98. The molecule has 0 aliphatic rings. The van der Waals surface area contributed by atoms with E-state index in [1.54, 1.807) is 37.4 Å². The van der Waals surface area contributed by atoms with E-state index in [0.29, 0.717) is 50.0 Å². The maximum atomic E-state index is 13.8. The van der Waals surface area contributed by atoms with E-state index in [1.807, 2.05) is 0 Å². The Kier molecular flexibility index (Phi) is 13.3. The number of aryl methyl sites for hydroxylation is 1. The van der Waals surface area contributed by atoms with Crippen LogP contribution < -0.4 is 21.7 Å². The lowest BCUT2D eigenvalue weighted by Gasteiger charge is -2.18. The summed E-state index contributed by atoms with van der Waals surface area (Å²) in [6, 6.07) is 11.2. The molecular weight excluding hydrogens is 711 g/mol. The van der Waals surface area contributed by atoms with E-state index in [-0.39, 0.29) is 34.5 Å². The topological polar surface area (TPSA) is 198 Å². The molecule has 262 valence electrons. The molecule has 1 heterocycles. The Bertz CT molecular complexity index is 1890. The second-order valence-electron chi connectivity index (χ2n) is 12.4. The van der Waals surface area contributed by atoms with E-state index in [2.05, 4.69) is 35.6 Å². The van der Waals surface area contributed by atoms with Crippen LogP contribution in [0, 0.1) is 12.3 Å². The number of benzene rings is 2. The third-order valence-corrected chi connectivity index (χ3v) is 14.1. The maximum absolute atomic E-state index is 13.8. The molecule has 0 aliphatic carbocycles. The van der Waals surface area contributed by atoms with E-state index in [9.17, 15) is 26.4 Å². The molecule has 0 atom stereocenters. The second kappa shape index (κ2) is 16.3. The summed E-state index contributed by atoms with van der Waals surface area (Å²) >= 11 is 2.38. The normalized spacial score (nSPS) is 12.0. The van der Waals surface area contributed by atoms with Crippen LogP contribution in [0.2, 0.25) is 25.7 Å². The number of sulfone groups is 2. The average Bonchev–Trinajstić information content (AvgIpc) is 3.42. The number of carbonyl (C=O) groups is 2. The fourth-order valence-corrected chi connectivity index (χ4v) is 9.91. The lowest BCUT2D eigenvalue weighted by atomic mass is 9.97. The molecule has 0 bridgehead atoms. The van der Waals surface area contributed by atoms with E-state index in [1.165, 1.54) is 30.0 Å². The summed E-state index contributed by atoms with van der Waals surface area (Å²) < 4.78 is 56.4. The molecule has 6 N–H and O–H groups in total. The summed E-state index contributed by atoms with van der Waals surface area (Å²) in [4.78, 5) is 26.0. The third kappa shape index (κ3) is 11.4. The van der Waals surface area contributed by atoms with Crippen LogP contribution in [0.4, 0.5) is 21.0 Å². The highest BCUT2D eigenvalue weighted by Crippen LogP contribution is 2.39. The number of unbranched alkanes of at least 4 members (excludes halogenated alkanes) is 1. The first-order valence-electron chi connectivity index (χ1n) is 15.0. The standard InChI is InChI=1S/C31H43N5O7S4Si/c1-20-16-22(35-31(38)43-13-15-48(4,5)6)18-24(36-30(37)34-12-7-8-14-46(3,39)40)27(20)21-10-9-11-23(17-21)47(41,42)26-19-25(28(32)33)45-29(26)44-2/h9-11,16-19H,7-8,12-15H2,1-6H3,(H3,32,33)(H,35,38)(H2,34,36,37). The number of thioether (sulfide) groups is 1. The van der Waals surface area contributed by atoms with Crippen molar-refractivity contribution in [2.75, 3.05) is 42.0 Å². The van der Waals surface area contributed by atoms with Crippen LogP contribution >= 0.6 is 23.1 Å². The minimum atomic E-state index is -4.02. The van der Waals surface area contributed by atoms with Crippen molar-refractivity contribution in [3.05, 3.63) is 52.9 Å². The molecule has 2 aromatic carbocycles. The average molecular weight is 754 g/mol. The number of nitrogen functional groups attached to an aromatic ring is 1. The summed E-state index contributed by atoms with van der Waals surface area (Å²) in [5, 5.41) is 16.0. The number of hydrogen-bond donors (Lipinski definition) is 5. The molecule has 12 nitrogen and oxygen atoms in total. The van der Waals surface area contributed by atoms with Crippen molar-refractivity contribution in [3.63, 3.8) is 0 Å². The third-order valence-electron chi connectivity index (χ3n) is 6.98. The fourth-order valence-electron chi connectivity index (χ4n) is 4.57. The van der Waals surface area contributed by atoms with Crippen LogP contribution in [0.5, 0.6) is 0 Å².